The van der Waals surface area contributed by atoms with Crippen LogP contribution in [0.1, 0.15) is 0 Å². The van der Waals surface area contributed by atoms with Gasteiger partial charge in [-0.25, -0.2) is 0 Å². The molecule has 0 atom stereocenters. The van der Waals surface area contributed by atoms with Gasteiger partial charge in [0.2, 0.25) is 0 Å². The van der Waals surface area contributed by atoms with Gasteiger partial charge in [-0.1, -0.05) is 0 Å². The Hall–Kier alpha value is -0.710. The zero-order chi connectivity index (χ0) is 7.78. The van der Waals surface area contributed by atoms with Crippen molar-refractivity contribution in [2.24, 2.45) is 0 Å². The molecule has 1 aliphatic heterocycles. The lowest BCUT2D eigenvalue weighted by Crippen LogP contribution is -2.18. The maximum atomic E-state index is 11.8. The minimum absolute atomic E-state index is 0.250. The largest absolute Gasteiger partial charge is 0.415 e. The molecule has 0 unspecified atom stereocenters. The molecule has 1 rings (SSSR count). The zero-order valence-electron chi connectivity index (χ0n) is 5.31. The van der Waals surface area contributed by atoms with Crippen LogP contribution >= 0.6 is 0 Å². The van der Waals surface area contributed by atoms with E-state index in [1.807, 2.05) is 0 Å². The fourth-order valence-electron chi connectivity index (χ4n) is 0.658. The van der Waals surface area contributed by atoms with E-state index < -0.39 is 11.7 Å². The van der Waals surface area contributed by atoms with Crippen molar-refractivity contribution < 1.29 is 13.2 Å². The Bertz CT molecular complexity index is 161. The topological polar surface area (TPSA) is 17.3 Å². The first kappa shape index (κ1) is 7.40. The lowest BCUT2D eigenvalue weighted by Gasteiger charge is -2.02. The van der Waals surface area contributed by atoms with Crippen LogP contribution in [0.3, 0.4) is 0 Å². The van der Waals surface area contributed by atoms with Crippen molar-refractivity contribution in [3.05, 3.63) is 11.8 Å². The number of rotatable bonds is 0. The predicted molar refractivity (Wildman–Crippen MR) is 28.9 cm³/mol. The van der Waals surface area contributed by atoms with Crippen molar-refractivity contribution >= 4 is 0 Å². The van der Waals surface area contributed by atoms with Gasteiger partial charge < -0.3 is 5.01 Å². The van der Waals surface area contributed by atoms with Crippen molar-refractivity contribution in [2.75, 3.05) is 13.6 Å². The second-order valence-electron chi connectivity index (χ2n) is 2.03. The minimum Gasteiger partial charge on any atom is -0.301 e. The van der Waals surface area contributed by atoms with Gasteiger partial charge in [0.1, 0.15) is 0 Å². The summed E-state index contributed by atoms with van der Waals surface area (Å²) in [5, 5.41) is 1.17. The third-order valence-electron chi connectivity index (χ3n) is 1.17. The molecular weight excluding hydrogens is 145 g/mol. The smallest absolute Gasteiger partial charge is 0.301 e. The average molecular weight is 151 g/mol. The molecule has 1 heterocycles. The van der Waals surface area contributed by atoms with Crippen LogP contribution in [0.25, 0.3) is 0 Å². The van der Waals surface area contributed by atoms with Crippen molar-refractivity contribution in [2.45, 2.75) is 6.18 Å². The lowest BCUT2D eigenvalue weighted by atomic mass is 10.3. The molecule has 1 aliphatic rings. The van der Waals surface area contributed by atoms with Gasteiger partial charge in [0.05, 0.1) is 12.1 Å². The Morgan fingerprint density at radius 2 is 2.20 bits per heavy atom. The Morgan fingerprint density at radius 3 is 2.40 bits per heavy atom. The zero-order valence-corrected chi connectivity index (χ0v) is 5.31. The van der Waals surface area contributed by atoms with E-state index in [1.54, 1.807) is 0 Å². The summed E-state index contributed by atoms with van der Waals surface area (Å²) >= 11 is 0. The van der Waals surface area contributed by atoms with Crippen LogP contribution in [0.5, 0.6) is 0 Å². The summed E-state index contributed by atoms with van der Waals surface area (Å²) in [5.74, 6) is 0. The molecule has 0 aromatic heterocycles. The van der Waals surface area contributed by atoms with E-state index in [2.05, 4.69) is 5.43 Å². The van der Waals surface area contributed by atoms with Gasteiger partial charge in [-0.2, -0.15) is 13.2 Å². The summed E-state index contributed by atoms with van der Waals surface area (Å²) < 4.78 is 35.3. The van der Waals surface area contributed by atoms with E-state index in [1.165, 1.54) is 12.1 Å². The second-order valence-corrected chi connectivity index (χ2v) is 2.03. The summed E-state index contributed by atoms with van der Waals surface area (Å²) in [6.45, 7) is -0.250. The highest BCUT2D eigenvalue weighted by Gasteiger charge is 2.36. The molecule has 0 N–H and O–H groups in total. The predicted octanol–water partition coefficient (Wildman–Crippen LogP) is 0.897. The van der Waals surface area contributed by atoms with Crippen molar-refractivity contribution in [1.29, 1.82) is 0 Å². The Labute approximate surface area is 56.3 Å². The molecule has 0 aromatic carbocycles. The van der Waals surface area contributed by atoms with Crippen LogP contribution in [-0.4, -0.2) is 24.8 Å². The van der Waals surface area contributed by atoms with Crippen LogP contribution in [0, 0.1) is 0 Å². The van der Waals surface area contributed by atoms with E-state index >= 15 is 0 Å². The third-order valence-corrected chi connectivity index (χ3v) is 1.17. The molecule has 0 bridgehead atoms. The first-order chi connectivity index (χ1) is 4.50. The van der Waals surface area contributed by atoms with Gasteiger partial charge in [0.15, 0.2) is 0 Å². The molecule has 0 fully saturated rings. The fraction of sp³-hybridized carbons (Fsp3) is 0.600. The van der Waals surface area contributed by atoms with Gasteiger partial charge in [-0.05, 0) is 0 Å². The maximum Gasteiger partial charge on any atom is 0.415 e. The minimum atomic E-state index is -4.21. The van der Waals surface area contributed by atoms with Crippen molar-refractivity contribution in [1.82, 2.24) is 10.4 Å². The highest BCUT2D eigenvalue weighted by Crippen LogP contribution is 2.27. The van der Waals surface area contributed by atoms with Crippen LogP contribution in [0.15, 0.2) is 11.8 Å². The monoisotopic (exact) mass is 151 g/mol. The number of hydrogen-bond donors (Lipinski definition) is 0. The summed E-state index contributed by atoms with van der Waals surface area (Å²) in [6, 6.07) is 0. The normalized spacial score (nSPS) is 19.6. The Kier molecular flexibility index (Phi) is 1.60. The number of halogens is 3. The molecule has 5 heteroatoms. The fourth-order valence-corrected chi connectivity index (χ4v) is 0.658. The van der Waals surface area contributed by atoms with Crippen LogP contribution in [0.4, 0.5) is 13.2 Å². The van der Waals surface area contributed by atoms with E-state index in [0.717, 1.165) is 6.20 Å². The summed E-state index contributed by atoms with van der Waals surface area (Å²) in [4.78, 5) is 0. The summed E-state index contributed by atoms with van der Waals surface area (Å²) in [6.07, 6.45) is -3.23. The number of nitrogens with zero attached hydrogens (tertiary/aromatic N) is 2. The summed E-state index contributed by atoms with van der Waals surface area (Å²) in [7, 11) is 1.47. The average Bonchev–Trinajstić information content (AvgIpc) is 2.11. The van der Waals surface area contributed by atoms with E-state index in [9.17, 15) is 13.2 Å². The molecule has 0 aromatic rings. The van der Waals surface area contributed by atoms with Gasteiger partial charge in [0, 0.05) is 13.2 Å². The molecule has 10 heavy (non-hydrogen) atoms. The first-order valence-corrected chi connectivity index (χ1v) is 2.68. The molecule has 0 spiro atoms. The van der Waals surface area contributed by atoms with Gasteiger partial charge in [-0.3, -0.25) is 0 Å². The standard InChI is InChI=1S/C5H6F3N2/c1-10-3-4(2-9-10)5(6,7)8/h3H,2H2,1H3. The molecule has 0 amide bonds. The molecule has 0 aliphatic carbocycles. The highest BCUT2D eigenvalue weighted by atomic mass is 19.4. The molecule has 1 radical (unpaired) electrons. The maximum absolute atomic E-state index is 11.8. The van der Waals surface area contributed by atoms with Crippen LogP contribution in [-0.2, 0) is 0 Å². The van der Waals surface area contributed by atoms with E-state index in [4.69, 9.17) is 0 Å². The van der Waals surface area contributed by atoms with E-state index in [0.29, 0.717) is 0 Å². The highest BCUT2D eigenvalue weighted by molar-refractivity contribution is 5.13. The molecule has 0 saturated carbocycles. The molecule has 57 valence electrons. The Morgan fingerprint density at radius 1 is 1.60 bits per heavy atom. The number of alkyl halides is 3. The van der Waals surface area contributed by atoms with Crippen LogP contribution < -0.4 is 5.43 Å². The third kappa shape index (κ3) is 1.41. The Balaban J connectivity index is 2.67. The summed E-state index contributed by atoms with van der Waals surface area (Å²) in [5.41, 5.74) is 2.92. The quantitative estimate of drug-likeness (QED) is 0.502. The van der Waals surface area contributed by atoms with Gasteiger partial charge in [0.25, 0.3) is 0 Å². The molecule has 2 nitrogen and oxygen atoms in total. The van der Waals surface area contributed by atoms with Crippen LogP contribution in [0.2, 0.25) is 0 Å². The van der Waals surface area contributed by atoms with E-state index in [-0.39, 0.29) is 6.54 Å². The SMILES string of the molecule is CN1C=C(C(F)(F)F)C[N]1. The molecule has 0 saturated heterocycles. The van der Waals surface area contributed by atoms with Crippen molar-refractivity contribution in [3.8, 4) is 0 Å². The second kappa shape index (κ2) is 2.16. The first-order valence-electron chi connectivity index (χ1n) is 2.68. The van der Waals surface area contributed by atoms with Gasteiger partial charge in [-0.15, -0.1) is 5.43 Å². The van der Waals surface area contributed by atoms with Crippen molar-refractivity contribution in [3.63, 3.8) is 0 Å². The van der Waals surface area contributed by atoms with Gasteiger partial charge >= 0.3 is 6.18 Å². The number of hydrogen-bond acceptors (Lipinski definition) is 1. The molecular formula is C5H6F3N2. The lowest BCUT2D eigenvalue weighted by molar-refractivity contribution is -0.0919.